The van der Waals surface area contributed by atoms with E-state index in [4.69, 9.17) is 14.3 Å². The molecule has 122 valence electrons. The molecule has 1 heterocycles. The highest BCUT2D eigenvalue weighted by Crippen LogP contribution is 2.25. The zero-order valence-corrected chi connectivity index (χ0v) is 13.4. The van der Waals surface area contributed by atoms with Crippen LogP contribution in [0.1, 0.15) is 11.3 Å². The monoisotopic (exact) mass is 323 g/mol. The van der Waals surface area contributed by atoms with E-state index < -0.39 is 6.09 Å². The molecule has 0 aliphatic heterocycles. The van der Waals surface area contributed by atoms with Gasteiger partial charge in [-0.2, -0.15) is 0 Å². The zero-order valence-electron chi connectivity index (χ0n) is 13.4. The van der Waals surface area contributed by atoms with E-state index in [0.717, 1.165) is 28.0 Å². The van der Waals surface area contributed by atoms with Gasteiger partial charge in [-0.1, -0.05) is 18.2 Å². The lowest BCUT2D eigenvalue weighted by atomic mass is 10.1. The predicted molar refractivity (Wildman–Crippen MR) is 94.6 cm³/mol. The number of ether oxygens (including phenoxy) is 1. The van der Waals surface area contributed by atoms with E-state index in [0.29, 0.717) is 5.69 Å². The van der Waals surface area contributed by atoms with Crippen LogP contribution in [0.25, 0.3) is 23.1 Å². The zero-order chi connectivity index (χ0) is 17.1. The molecular weight excluding hydrogens is 306 g/mol. The van der Waals surface area contributed by atoms with Crippen LogP contribution < -0.4 is 9.64 Å². The van der Waals surface area contributed by atoms with Crippen LogP contribution in [0.5, 0.6) is 5.75 Å². The number of anilines is 1. The quantitative estimate of drug-likeness (QED) is 0.754. The maximum Gasteiger partial charge on any atom is 0.411 e. The van der Waals surface area contributed by atoms with Gasteiger partial charge in [-0.15, -0.1) is 0 Å². The number of amides is 1. The molecule has 0 aliphatic carbocycles. The van der Waals surface area contributed by atoms with E-state index in [1.807, 2.05) is 48.6 Å². The van der Waals surface area contributed by atoms with Crippen molar-refractivity contribution in [1.29, 1.82) is 0 Å². The van der Waals surface area contributed by atoms with Crippen LogP contribution in [0.15, 0.2) is 52.9 Å². The molecular formula is C19H17NO4. The minimum Gasteiger partial charge on any atom is -0.497 e. The Morgan fingerprint density at radius 1 is 1.12 bits per heavy atom. The molecule has 0 saturated heterocycles. The van der Waals surface area contributed by atoms with Crippen molar-refractivity contribution < 1.29 is 19.1 Å². The molecule has 24 heavy (non-hydrogen) atoms. The molecule has 0 atom stereocenters. The first kappa shape index (κ1) is 15.7. The number of hydrogen-bond donors (Lipinski definition) is 1. The second-order valence-electron chi connectivity index (χ2n) is 5.32. The normalized spacial score (nSPS) is 11.1. The number of methoxy groups -OCH3 is 1. The first-order chi connectivity index (χ1) is 11.6. The Morgan fingerprint density at radius 2 is 1.88 bits per heavy atom. The Morgan fingerprint density at radius 3 is 2.54 bits per heavy atom. The maximum atomic E-state index is 10.9. The van der Waals surface area contributed by atoms with Crippen molar-refractivity contribution in [3.8, 4) is 5.75 Å². The van der Waals surface area contributed by atoms with Crippen molar-refractivity contribution in [3.63, 3.8) is 0 Å². The summed E-state index contributed by atoms with van der Waals surface area (Å²) in [4.78, 5) is 12.1. The topological polar surface area (TPSA) is 62.9 Å². The lowest BCUT2D eigenvalue weighted by Gasteiger charge is -2.12. The Labute approximate surface area is 139 Å². The van der Waals surface area contributed by atoms with Gasteiger partial charge in [0.1, 0.15) is 17.1 Å². The van der Waals surface area contributed by atoms with Crippen LogP contribution in [0.3, 0.4) is 0 Å². The first-order valence-corrected chi connectivity index (χ1v) is 7.39. The van der Waals surface area contributed by atoms with Crippen LogP contribution in [0, 0.1) is 0 Å². The summed E-state index contributed by atoms with van der Waals surface area (Å²) < 4.78 is 11.0. The SMILES string of the molecule is COc1ccc2cc(/C=C/c3ccc(N(C)C(=O)O)cc3)oc2c1. The van der Waals surface area contributed by atoms with Gasteiger partial charge in [-0.05, 0) is 42.0 Å². The minimum absolute atomic E-state index is 0.621. The Bertz CT molecular complexity index is 893. The van der Waals surface area contributed by atoms with E-state index in [-0.39, 0.29) is 0 Å². The molecule has 5 nitrogen and oxygen atoms in total. The molecule has 0 saturated carbocycles. The molecule has 0 radical (unpaired) electrons. The summed E-state index contributed by atoms with van der Waals surface area (Å²) in [5.41, 5.74) is 2.35. The fourth-order valence-corrected chi connectivity index (χ4v) is 2.34. The molecule has 3 rings (SSSR count). The van der Waals surface area contributed by atoms with Crippen molar-refractivity contribution in [2.24, 2.45) is 0 Å². The molecule has 0 spiro atoms. The van der Waals surface area contributed by atoms with Gasteiger partial charge in [0.15, 0.2) is 0 Å². The number of fused-ring (bicyclic) bond motifs is 1. The second kappa shape index (κ2) is 6.50. The summed E-state index contributed by atoms with van der Waals surface area (Å²) in [6, 6.07) is 14.9. The molecule has 2 aromatic carbocycles. The summed E-state index contributed by atoms with van der Waals surface area (Å²) in [7, 11) is 3.13. The Kier molecular flexibility index (Phi) is 4.24. The van der Waals surface area contributed by atoms with Crippen LogP contribution in [0.2, 0.25) is 0 Å². The van der Waals surface area contributed by atoms with E-state index in [2.05, 4.69) is 0 Å². The maximum absolute atomic E-state index is 10.9. The fraction of sp³-hybridized carbons (Fsp3) is 0.105. The van der Waals surface area contributed by atoms with Crippen LogP contribution in [0.4, 0.5) is 10.5 Å². The van der Waals surface area contributed by atoms with Gasteiger partial charge in [0.05, 0.1) is 7.11 Å². The molecule has 1 aromatic heterocycles. The van der Waals surface area contributed by atoms with Crippen molar-refractivity contribution in [2.45, 2.75) is 0 Å². The van der Waals surface area contributed by atoms with Crippen molar-refractivity contribution in [1.82, 2.24) is 0 Å². The number of carboxylic acid groups (broad SMARTS) is 1. The fourth-order valence-electron chi connectivity index (χ4n) is 2.34. The minimum atomic E-state index is -0.990. The number of nitrogens with zero attached hydrogens (tertiary/aromatic N) is 1. The standard InChI is InChI=1S/C19H17NO4/c1-20(19(21)22)15-7-3-13(4-8-15)5-9-17-11-14-6-10-16(23-2)12-18(14)24-17/h3-12H,1-2H3,(H,21,22)/b9-5+. The van der Waals surface area contributed by atoms with E-state index in [1.54, 1.807) is 19.2 Å². The molecule has 0 aliphatic rings. The van der Waals surface area contributed by atoms with Gasteiger partial charge in [0, 0.05) is 24.2 Å². The van der Waals surface area contributed by atoms with Gasteiger partial charge < -0.3 is 14.3 Å². The number of hydrogen-bond acceptors (Lipinski definition) is 3. The highest BCUT2D eigenvalue weighted by atomic mass is 16.5. The van der Waals surface area contributed by atoms with E-state index in [1.165, 1.54) is 11.9 Å². The van der Waals surface area contributed by atoms with Crippen molar-refractivity contribution in [2.75, 3.05) is 19.1 Å². The third kappa shape index (κ3) is 3.25. The summed E-state index contributed by atoms with van der Waals surface area (Å²) in [6.45, 7) is 0. The third-order valence-electron chi connectivity index (χ3n) is 3.75. The Balaban J connectivity index is 1.79. The van der Waals surface area contributed by atoms with E-state index >= 15 is 0 Å². The summed E-state index contributed by atoms with van der Waals surface area (Å²) in [5, 5.41) is 9.96. The van der Waals surface area contributed by atoms with Gasteiger partial charge in [0.25, 0.3) is 0 Å². The second-order valence-corrected chi connectivity index (χ2v) is 5.32. The summed E-state index contributed by atoms with van der Waals surface area (Å²) >= 11 is 0. The van der Waals surface area contributed by atoms with Crippen LogP contribution in [-0.4, -0.2) is 25.4 Å². The number of benzene rings is 2. The number of rotatable bonds is 4. The molecule has 0 unspecified atom stereocenters. The lowest BCUT2D eigenvalue weighted by molar-refractivity contribution is 0.203. The molecule has 1 amide bonds. The third-order valence-corrected chi connectivity index (χ3v) is 3.75. The Hall–Kier alpha value is -3.21. The van der Waals surface area contributed by atoms with E-state index in [9.17, 15) is 4.79 Å². The molecule has 1 N–H and O–H groups in total. The van der Waals surface area contributed by atoms with Crippen molar-refractivity contribution >= 4 is 34.9 Å². The summed E-state index contributed by atoms with van der Waals surface area (Å²) in [6.07, 6.45) is 2.80. The molecule has 0 bridgehead atoms. The molecule has 0 fully saturated rings. The average molecular weight is 323 g/mol. The summed E-state index contributed by atoms with van der Waals surface area (Å²) in [5.74, 6) is 1.50. The predicted octanol–water partition coefficient (Wildman–Crippen LogP) is 4.73. The van der Waals surface area contributed by atoms with Crippen LogP contribution in [-0.2, 0) is 0 Å². The molecule has 5 heteroatoms. The molecule has 3 aromatic rings. The number of furan rings is 1. The highest BCUT2D eigenvalue weighted by Gasteiger charge is 2.07. The lowest BCUT2D eigenvalue weighted by Crippen LogP contribution is -2.23. The average Bonchev–Trinajstić information content (AvgIpc) is 3.01. The van der Waals surface area contributed by atoms with Gasteiger partial charge >= 0.3 is 6.09 Å². The first-order valence-electron chi connectivity index (χ1n) is 7.39. The smallest absolute Gasteiger partial charge is 0.411 e. The van der Waals surface area contributed by atoms with Crippen molar-refractivity contribution in [3.05, 3.63) is 59.9 Å². The van der Waals surface area contributed by atoms with Gasteiger partial charge in [0.2, 0.25) is 0 Å². The van der Waals surface area contributed by atoms with Gasteiger partial charge in [-0.25, -0.2) is 4.79 Å². The van der Waals surface area contributed by atoms with Crippen LogP contribution >= 0.6 is 0 Å². The number of carbonyl (C=O) groups is 1. The largest absolute Gasteiger partial charge is 0.497 e. The highest BCUT2D eigenvalue weighted by molar-refractivity contribution is 5.86. The van der Waals surface area contributed by atoms with Gasteiger partial charge in [-0.3, -0.25) is 4.90 Å².